The van der Waals surface area contributed by atoms with Crippen molar-refractivity contribution in [3.8, 4) is 23.1 Å². The summed E-state index contributed by atoms with van der Waals surface area (Å²) >= 11 is 0. The summed E-state index contributed by atoms with van der Waals surface area (Å²) in [5.74, 6) is 1.25. The van der Waals surface area contributed by atoms with Crippen LogP contribution in [-0.4, -0.2) is 75.8 Å². The van der Waals surface area contributed by atoms with Crippen molar-refractivity contribution in [3.05, 3.63) is 59.7 Å². The van der Waals surface area contributed by atoms with Gasteiger partial charge in [0.15, 0.2) is 5.69 Å². The highest BCUT2D eigenvalue weighted by Crippen LogP contribution is 2.46. The zero-order chi connectivity index (χ0) is 27.4. The van der Waals surface area contributed by atoms with Crippen molar-refractivity contribution in [2.75, 3.05) is 45.8 Å². The van der Waals surface area contributed by atoms with Gasteiger partial charge in [0.05, 0.1) is 60.6 Å². The summed E-state index contributed by atoms with van der Waals surface area (Å²) < 4.78 is 13.1. The zero-order valence-corrected chi connectivity index (χ0v) is 23.0. The summed E-state index contributed by atoms with van der Waals surface area (Å²) in [5, 5.41) is 13.4. The van der Waals surface area contributed by atoms with Gasteiger partial charge in [0, 0.05) is 38.3 Å². The molecule has 0 unspecified atom stereocenters. The standard InChI is InChI=1S/C30H32N8O2/c1-36-18-32-28-20(5-4-6-25(28)36)29-26(39-3)13-22(23(14-31)35-29)33-27-8-7-21-24(34-27)15-37(2)30(21)9-11-38(12-10-30)19-16-40-17-19/h4-8,13,18-19H,9-12,15-17H2,1-3H3,(H,33,34). The van der Waals surface area contributed by atoms with Crippen molar-refractivity contribution in [1.29, 1.82) is 5.26 Å². The monoisotopic (exact) mass is 536 g/mol. The number of imidazole rings is 1. The van der Waals surface area contributed by atoms with Gasteiger partial charge in [0.1, 0.15) is 23.3 Å². The van der Waals surface area contributed by atoms with Crippen LogP contribution >= 0.6 is 0 Å². The van der Waals surface area contributed by atoms with Crippen LogP contribution in [0, 0.1) is 11.3 Å². The molecule has 6 heterocycles. The Morgan fingerprint density at radius 2 is 1.95 bits per heavy atom. The molecule has 3 aromatic heterocycles. The fourth-order valence-corrected chi connectivity index (χ4v) is 6.55. The van der Waals surface area contributed by atoms with Crippen molar-refractivity contribution < 1.29 is 9.47 Å². The molecule has 0 amide bonds. The van der Waals surface area contributed by atoms with Crippen LogP contribution in [0.3, 0.4) is 0 Å². The third-order valence-electron chi connectivity index (χ3n) is 8.94. The Bertz CT molecular complexity index is 1650. The number of nitrogens with one attached hydrogen (secondary N) is 1. The van der Waals surface area contributed by atoms with Crippen LogP contribution in [0.25, 0.3) is 22.3 Å². The molecule has 7 rings (SSSR count). The number of aryl methyl sites for hydroxylation is 1. The number of rotatable bonds is 5. The first-order valence-corrected chi connectivity index (χ1v) is 13.7. The number of piperidine rings is 1. The molecule has 1 aromatic carbocycles. The first-order valence-electron chi connectivity index (χ1n) is 13.7. The summed E-state index contributed by atoms with van der Waals surface area (Å²) in [4.78, 5) is 19.3. The molecular formula is C30H32N8O2. The number of hydrogen-bond acceptors (Lipinski definition) is 9. The molecule has 40 heavy (non-hydrogen) atoms. The van der Waals surface area contributed by atoms with Crippen LogP contribution in [0.4, 0.5) is 11.5 Å². The van der Waals surface area contributed by atoms with Gasteiger partial charge in [0.25, 0.3) is 0 Å². The molecule has 2 fully saturated rings. The molecule has 10 heteroatoms. The lowest BCUT2D eigenvalue weighted by atomic mass is 9.81. The van der Waals surface area contributed by atoms with Gasteiger partial charge < -0.3 is 19.4 Å². The Hall–Kier alpha value is -4.04. The largest absolute Gasteiger partial charge is 0.494 e. The first kappa shape index (κ1) is 25.0. The predicted molar refractivity (Wildman–Crippen MR) is 151 cm³/mol. The average molecular weight is 537 g/mol. The number of methoxy groups -OCH3 is 1. The van der Waals surface area contributed by atoms with Crippen molar-refractivity contribution in [3.63, 3.8) is 0 Å². The molecule has 2 saturated heterocycles. The van der Waals surface area contributed by atoms with Crippen molar-refractivity contribution in [2.24, 2.45) is 7.05 Å². The second-order valence-electron chi connectivity index (χ2n) is 11.0. The number of benzene rings is 1. The number of nitrogens with zero attached hydrogens (tertiary/aromatic N) is 7. The Labute approximate surface area is 233 Å². The lowest BCUT2D eigenvalue weighted by Gasteiger charge is -2.48. The number of ether oxygens (including phenoxy) is 2. The number of likely N-dealkylation sites (tertiary alicyclic amines) is 1. The molecule has 3 aliphatic heterocycles. The van der Waals surface area contributed by atoms with Crippen LogP contribution in [0.15, 0.2) is 42.7 Å². The number of hydrogen-bond donors (Lipinski definition) is 1. The molecular weight excluding hydrogens is 504 g/mol. The summed E-state index contributed by atoms with van der Waals surface area (Å²) in [6.07, 6.45) is 3.95. The molecule has 10 nitrogen and oxygen atoms in total. The van der Waals surface area contributed by atoms with Crippen molar-refractivity contribution >= 4 is 22.5 Å². The van der Waals surface area contributed by atoms with E-state index in [9.17, 15) is 5.26 Å². The zero-order valence-electron chi connectivity index (χ0n) is 23.0. The van der Waals surface area contributed by atoms with E-state index < -0.39 is 0 Å². The minimum absolute atomic E-state index is 0.0265. The van der Waals surface area contributed by atoms with Gasteiger partial charge >= 0.3 is 0 Å². The fourth-order valence-electron chi connectivity index (χ4n) is 6.55. The van der Waals surface area contributed by atoms with Gasteiger partial charge in [-0.25, -0.2) is 15.0 Å². The van der Waals surface area contributed by atoms with Crippen LogP contribution in [0.1, 0.15) is 29.8 Å². The maximum Gasteiger partial charge on any atom is 0.164 e. The maximum atomic E-state index is 10.0. The SMILES string of the molecule is COc1cc(Nc2ccc3c(n2)CN(C)C32CCN(C3COC3)CC2)c(C#N)nc1-c1cccc2c1ncn2C. The second kappa shape index (κ2) is 9.55. The van der Waals surface area contributed by atoms with Gasteiger partial charge in [0.2, 0.25) is 0 Å². The third-order valence-corrected chi connectivity index (χ3v) is 8.94. The van der Waals surface area contributed by atoms with E-state index >= 15 is 0 Å². The lowest BCUT2D eigenvalue weighted by molar-refractivity contribution is -0.0852. The highest BCUT2D eigenvalue weighted by Gasteiger charge is 2.47. The predicted octanol–water partition coefficient (Wildman–Crippen LogP) is 3.79. The topological polar surface area (TPSA) is 104 Å². The molecule has 0 bridgehead atoms. The lowest BCUT2D eigenvalue weighted by Crippen LogP contribution is -2.56. The molecule has 204 valence electrons. The van der Waals surface area contributed by atoms with E-state index in [2.05, 4.69) is 39.3 Å². The molecule has 0 radical (unpaired) electrons. The maximum absolute atomic E-state index is 10.0. The van der Waals surface area contributed by atoms with Crippen LogP contribution in [0.2, 0.25) is 0 Å². The first-order chi connectivity index (χ1) is 19.5. The van der Waals surface area contributed by atoms with Gasteiger partial charge in [-0.3, -0.25) is 9.80 Å². The normalized spacial score (nSPS) is 18.9. The number of nitriles is 1. The molecule has 3 aliphatic rings. The third kappa shape index (κ3) is 3.84. The molecule has 0 atom stereocenters. The van der Waals surface area contributed by atoms with E-state index in [0.29, 0.717) is 29.0 Å². The van der Waals surface area contributed by atoms with E-state index in [1.807, 2.05) is 41.9 Å². The summed E-state index contributed by atoms with van der Waals surface area (Å²) in [6.45, 7) is 4.68. The summed E-state index contributed by atoms with van der Waals surface area (Å²) in [7, 11) is 5.77. The van der Waals surface area contributed by atoms with Gasteiger partial charge in [-0.1, -0.05) is 18.2 Å². The molecule has 0 saturated carbocycles. The molecule has 1 spiro atoms. The number of fused-ring (bicyclic) bond motifs is 3. The molecule has 1 N–H and O–H groups in total. The molecule has 4 aromatic rings. The number of para-hydroxylation sites is 1. The smallest absolute Gasteiger partial charge is 0.164 e. The van der Waals surface area contributed by atoms with Crippen LogP contribution in [-0.2, 0) is 23.9 Å². The highest BCUT2D eigenvalue weighted by atomic mass is 16.5. The van der Waals surface area contributed by atoms with E-state index in [4.69, 9.17) is 19.4 Å². The van der Waals surface area contributed by atoms with E-state index in [1.165, 1.54) is 5.56 Å². The van der Waals surface area contributed by atoms with E-state index in [-0.39, 0.29) is 11.2 Å². The minimum Gasteiger partial charge on any atom is -0.494 e. The Kier molecular flexibility index (Phi) is 5.96. The van der Waals surface area contributed by atoms with Crippen LogP contribution < -0.4 is 10.1 Å². The average Bonchev–Trinajstić information content (AvgIpc) is 3.45. The van der Waals surface area contributed by atoms with Crippen molar-refractivity contribution in [2.45, 2.75) is 31.0 Å². The number of anilines is 2. The number of pyridine rings is 2. The number of aromatic nitrogens is 4. The van der Waals surface area contributed by atoms with E-state index in [0.717, 1.165) is 68.0 Å². The van der Waals surface area contributed by atoms with Gasteiger partial charge in [-0.15, -0.1) is 0 Å². The molecule has 0 aliphatic carbocycles. The quantitative estimate of drug-likeness (QED) is 0.408. The highest BCUT2D eigenvalue weighted by molar-refractivity contribution is 5.93. The van der Waals surface area contributed by atoms with Gasteiger partial charge in [-0.05, 0) is 37.6 Å². The van der Waals surface area contributed by atoms with Gasteiger partial charge in [-0.2, -0.15) is 5.26 Å². The second-order valence-corrected chi connectivity index (χ2v) is 11.0. The summed E-state index contributed by atoms with van der Waals surface area (Å²) in [5.41, 5.74) is 6.45. The minimum atomic E-state index is 0.0265. The van der Waals surface area contributed by atoms with Crippen LogP contribution in [0.5, 0.6) is 5.75 Å². The Balaban J connectivity index is 1.18. The van der Waals surface area contributed by atoms with Crippen molar-refractivity contribution in [1.82, 2.24) is 29.3 Å². The Morgan fingerprint density at radius 1 is 1.12 bits per heavy atom. The fraction of sp³-hybridized carbons (Fsp3) is 0.400. The summed E-state index contributed by atoms with van der Waals surface area (Å²) in [6, 6.07) is 14.8. The van der Waals surface area contributed by atoms with E-state index in [1.54, 1.807) is 13.4 Å². The Morgan fingerprint density at radius 3 is 2.67 bits per heavy atom.